The van der Waals surface area contributed by atoms with Crippen molar-refractivity contribution in [2.75, 3.05) is 26.6 Å². The molecule has 2 aliphatic heterocycles. The fourth-order valence-corrected chi connectivity index (χ4v) is 5.04. The fraction of sp³-hybridized carbons (Fsp3) is 0.350. The van der Waals surface area contributed by atoms with E-state index >= 15 is 0 Å². The van der Waals surface area contributed by atoms with E-state index in [9.17, 15) is 34.2 Å². The third-order valence-electron chi connectivity index (χ3n) is 5.11. The van der Waals surface area contributed by atoms with Crippen LogP contribution in [0.15, 0.2) is 29.5 Å². The zero-order valence-corrected chi connectivity index (χ0v) is 18.6. The number of nitrogens with zero attached hydrogens (tertiary/aromatic N) is 1. The molecule has 0 aliphatic carbocycles. The van der Waals surface area contributed by atoms with Gasteiger partial charge in [-0.1, -0.05) is 6.07 Å². The quantitative estimate of drug-likeness (QED) is 0.262. The standard InChI is InChI=1S/C20H20N2O10S/c1-9(23)32-7-10-8-33-18-20(19(28)29,17(27)22(18)14(10)16(25)26)21-15(24)13-11(30-2)5-4-6-12(13)31-3/h4-6,18H,7-8H2,1-3H3,(H,21,24)(H,25,26)(H,28,29)/t18-,20+/m1/s1. The van der Waals surface area contributed by atoms with Gasteiger partial charge >= 0.3 is 17.9 Å². The van der Waals surface area contributed by atoms with Crippen molar-refractivity contribution in [1.82, 2.24) is 10.2 Å². The highest BCUT2D eigenvalue weighted by molar-refractivity contribution is 8.00. The first-order valence-electron chi connectivity index (χ1n) is 9.40. The van der Waals surface area contributed by atoms with Crippen molar-refractivity contribution in [3.05, 3.63) is 35.0 Å². The molecular formula is C20H20N2O10S. The number of hydrogen-bond acceptors (Lipinski definition) is 9. The number of nitrogens with one attached hydrogen (secondary N) is 1. The Bertz CT molecular complexity index is 1060. The van der Waals surface area contributed by atoms with Crippen molar-refractivity contribution in [3.63, 3.8) is 0 Å². The van der Waals surface area contributed by atoms with Gasteiger partial charge in [0.05, 0.1) is 14.2 Å². The second kappa shape index (κ2) is 9.02. The second-order valence-electron chi connectivity index (χ2n) is 6.98. The number of fused-ring (bicyclic) bond motifs is 1. The molecule has 3 N–H and O–H groups in total. The normalized spacial score (nSPS) is 21.5. The van der Waals surface area contributed by atoms with Crippen molar-refractivity contribution >= 4 is 41.5 Å². The van der Waals surface area contributed by atoms with E-state index in [0.29, 0.717) is 0 Å². The van der Waals surface area contributed by atoms with Gasteiger partial charge in [-0.25, -0.2) is 9.59 Å². The molecule has 1 aromatic carbocycles. The highest BCUT2D eigenvalue weighted by Gasteiger charge is 2.70. The zero-order chi connectivity index (χ0) is 24.5. The Hall–Kier alpha value is -3.74. The molecule has 0 spiro atoms. The second-order valence-corrected chi connectivity index (χ2v) is 8.05. The van der Waals surface area contributed by atoms with Crippen LogP contribution in [-0.2, 0) is 23.9 Å². The number of β-lactam (4-membered cyclic amide) rings is 1. The number of carbonyl (C=O) groups excluding carboxylic acids is 3. The Morgan fingerprint density at radius 1 is 1.18 bits per heavy atom. The molecule has 0 radical (unpaired) electrons. The van der Waals surface area contributed by atoms with Gasteiger partial charge in [-0.2, -0.15) is 0 Å². The number of thioether (sulfide) groups is 1. The van der Waals surface area contributed by atoms with Crippen LogP contribution in [0.1, 0.15) is 17.3 Å². The van der Waals surface area contributed by atoms with Gasteiger partial charge in [-0.3, -0.25) is 19.3 Å². The van der Waals surface area contributed by atoms with E-state index in [1.165, 1.54) is 26.4 Å². The molecule has 2 aliphatic rings. The molecule has 2 heterocycles. The van der Waals surface area contributed by atoms with E-state index in [0.717, 1.165) is 23.6 Å². The minimum absolute atomic E-state index is 0.0355. The predicted molar refractivity (Wildman–Crippen MR) is 112 cm³/mol. The van der Waals surface area contributed by atoms with Crippen molar-refractivity contribution in [1.29, 1.82) is 0 Å². The number of carbonyl (C=O) groups is 5. The number of carboxylic acid groups (broad SMARTS) is 2. The number of aliphatic carboxylic acids is 2. The summed E-state index contributed by atoms with van der Waals surface area (Å²) in [6, 6.07) is 4.48. The fourth-order valence-electron chi connectivity index (χ4n) is 3.60. The van der Waals surface area contributed by atoms with Gasteiger partial charge in [-0.15, -0.1) is 11.8 Å². The summed E-state index contributed by atoms with van der Waals surface area (Å²) in [5.74, 6) is -5.76. The van der Waals surface area contributed by atoms with Crippen LogP contribution < -0.4 is 14.8 Å². The van der Waals surface area contributed by atoms with Gasteiger partial charge in [0.15, 0.2) is 0 Å². The first-order valence-corrected chi connectivity index (χ1v) is 10.5. The molecule has 2 atom stereocenters. The van der Waals surface area contributed by atoms with Gasteiger partial charge in [0.1, 0.15) is 34.7 Å². The predicted octanol–water partition coefficient (Wildman–Crippen LogP) is 0.0739. The van der Waals surface area contributed by atoms with Gasteiger partial charge in [-0.05, 0) is 12.1 Å². The summed E-state index contributed by atoms with van der Waals surface area (Å²) in [5, 5.41) is 20.6. The van der Waals surface area contributed by atoms with E-state index in [1.807, 2.05) is 0 Å². The minimum Gasteiger partial charge on any atom is -0.496 e. The molecular weight excluding hydrogens is 460 g/mol. The van der Waals surface area contributed by atoms with Crippen LogP contribution in [0.5, 0.6) is 11.5 Å². The average molecular weight is 480 g/mol. The maximum Gasteiger partial charge on any atom is 0.352 e. The molecule has 2 amide bonds. The summed E-state index contributed by atoms with van der Waals surface area (Å²) in [6.07, 6.45) is 0. The van der Waals surface area contributed by atoms with Crippen LogP contribution in [0.3, 0.4) is 0 Å². The number of carboxylic acids is 2. The number of esters is 1. The van der Waals surface area contributed by atoms with Crippen LogP contribution in [0.4, 0.5) is 0 Å². The van der Waals surface area contributed by atoms with Crippen molar-refractivity contribution in [3.8, 4) is 11.5 Å². The van der Waals surface area contributed by atoms with Crippen LogP contribution >= 0.6 is 11.8 Å². The van der Waals surface area contributed by atoms with E-state index in [-0.39, 0.29) is 35.0 Å². The third kappa shape index (κ3) is 3.84. The lowest BCUT2D eigenvalue weighted by atomic mass is 9.85. The summed E-state index contributed by atoms with van der Waals surface area (Å²) in [7, 11) is 2.61. The van der Waals surface area contributed by atoms with Gasteiger partial charge in [0, 0.05) is 18.2 Å². The largest absolute Gasteiger partial charge is 0.496 e. The number of rotatable bonds is 8. The molecule has 176 valence electrons. The molecule has 1 fully saturated rings. The van der Waals surface area contributed by atoms with Crippen LogP contribution in [0, 0.1) is 0 Å². The van der Waals surface area contributed by atoms with Gasteiger partial charge in [0.2, 0.25) is 5.54 Å². The number of hydrogen-bond donors (Lipinski definition) is 3. The molecule has 0 unspecified atom stereocenters. The number of methoxy groups -OCH3 is 2. The molecule has 1 aromatic rings. The Labute approximate surface area is 191 Å². The topological polar surface area (TPSA) is 169 Å². The molecule has 12 nitrogen and oxygen atoms in total. The number of benzene rings is 1. The van der Waals surface area contributed by atoms with E-state index in [4.69, 9.17) is 14.2 Å². The Morgan fingerprint density at radius 3 is 2.27 bits per heavy atom. The molecule has 3 rings (SSSR count). The zero-order valence-electron chi connectivity index (χ0n) is 17.7. The van der Waals surface area contributed by atoms with Crippen molar-refractivity contribution < 1.29 is 48.4 Å². The van der Waals surface area contributed by atoms with Crippen LogP contribution in [0.2, 0.25) is 0 Å². The van der Waals surface area contributed by atoms with E-state index < -0.39 is 46.3 Å². The lowest BCUT2D eigenvalue weighted by Crippen LogP contribution is -2.83. The Morgan fingerprint density at radius 2 is 1.79 bits per heavy atom. The number of ether oxygens (including phenoxy) is 3. The Balaban J connectivity index is 1.99. The number of amides is 2. The lowest BCUT2D eigenvalue weighted by Gasteiger charge is -2.54. The average Bonchev–Trinajstić information content (AvgIpc) is 2.78. The third-order valence-corrected chi connectivity index (χ3v) is 6.50. The molecule has 1 saturated heterocycles. The van der Waals surface area contributed by atoms with Crippen LogP contribution in [-0.4, -0.2) is 82.3 Å². The monoisotopic (exact) mass is 480 g/mol. The summed E-state index contributed by atoms with van der Waals surface area (Å²) >= 11 is 0.925. The van der Waals surface area contributed by atoms with E-state index in [2.05, 4.69) is 5.32 Å². The molecule has 13 heteroatoms. The summed E-state index contributed by atoms with van der Waals surface area (Å²) in [6.45, 7) is 0.775. The van der Waals surface area contributed by atoms with E-state index in [1.54, 1.807) is 6.07 Å². The maximum absolute atomic E-state index is 13.1. The van der Waals surface area contributed by atoms with Crippen LogP contribution in [0.25, 0.3) is 0 Å². The first-order chi connectivity index (χ1) is 15.6. The molecule has 33 heavy (non-hydrogen) atoms. The lowest BCUT2D eigenvalue weighted by molar-refractivity contribution is -0.169. The van der Waals surface area contributed by atoms with Gasteiger partial charge in [0.25, 0.3) is 11.8 Å². The summed E-state index contributed by atoms with van der Waals surface area (Å²) in [4.78, 5) is 62.2. The molecule has 0 saturated carbocycles. The van der Waals surface area contributed by atoms with Crippen molar-refractivity contribution in [2.45, 2.75) is 17.8 Å². The Kier molecular flexibility index (Phi) is 6.53. The summed E-state index contributed by atoms with van der Waals surface area (Å²) < 4.78 is 15.2. The maximum atomic E-state index is 13.1. The molecule has 0 aromatic heterocycles. The summed E-state index contributed by atoms with van der Waals surface area (Å²) in [5.41, 5.74) is -2.91. The minimum atomic E-state index is -2.43. The van der Waals surface area contributed by atoms with Gasteiger partial charge < -0.3 is 29.7 Å². The molecule has 0 bridgehead atoms. The highest BCUT2D eigenvalue weighted by atomic mass is 32.2. The highest BCUT2D eigenvalue weighted by Crippen LogP contribution is 2.47. The SMILES string of the molecule is COc1cccc(OC)c1C(=O)N[C@@]1(C(=O)O)C(=O)N2C(C(=O)O)=C(COC(C)=O)CS[C@@H]21. The smallest absolute Gasteiger partial charge is 0.352 e. The first kappa shape index (κ1) is 23.9. The van der Waals surface area contributed by atoms with Crippen molar-refractivity contribution in [2.24, 2.45) is 0 Å².